The molecular weight excluding hydrogens is 345 g/mol. The molecule has 24 heavy (non-hydrogen) atoms. The first kappa shape index (κ1) is 18.6. The second kappa shape index (κ2) is 8.95. The number of benzene rings is 2. The third-order valence-corrected chi connectivity index (χ3v) is 4.30. The summed E-state index contributed by atoms with van der Waals surface area (Å²) >= 11 is 12.2. The number of nitrogens with one attached hydrogen (secondary N) is 1. The quantitative estimate of drug-likeness (QED) is 0.763. The molecule has 0 bridgehead atoms. The van der Waals surface area contributed by atoms with Crippen LogP contribution in [0.3, 0.4) is 0 Å². The van der Waals surface area contributed by atoms with Gasteiger partial charge >= 0.3 is 0 Å². The lowest BCUT2D eigenvalue weighted by molar-refractivity contribution is -0.121. The highest BCUT2D eigenvalue weighted by Gasteiger charge is 2.11. The lowest BCUT2D eigenvalue weighted by atomic mass is 10.1. The number of amides is 1. The van der Waals surface area contributed by atoms with Crippen LogP contribution < -0.4 is 10.1 Å². The number of hydrogen-bond acceptors (Lipinski definition) is 2. The average molecular weight is 366 g/mol. The van der Waals surface area contributed by atoms with Gasteiger partial charge in [0.05, 0.1) is 6.04 Å². The SMILES string of the molecule is Cc1ccc(OC[C@@H](C)NC(=O)CCc2c(Cl)cccc2Cl)cc1. The summed E-state index contributed by atoms with van der Waals surface area (Å²) in [7, 11) is 0. The van der Waals surface area contributed by atoms with Crippen LogP contribution in [0.2, 0.25) is 10.0 Å². The van der Waals surface area contributed by atoms with Gasteiger partial charge < -0.3 is 10.1 Å². The zero-order valence-electron chi connectivity index (χ0n) is 13.8. The lowest BCUT2D eigenvalue weighted by Gasteiger charge is -2.15. The third kappa shape index (κ3) is 5.73. The second-order valence-corrected chi connectivity index (χ2v) is 6.61. The molecule has 1 atom stereocenters. The van der Waals surface area contributed by atoms with E-state index in [0.717, 1.165) is 11.3 Å². The third-order valence-electron chi connectivity index (χ3n) is 3.59. The standard InChI is InChI=1S/C19H21Cl2NO2/c1-13-6-8-15(9-7-13)24-12-14(2)22-19(23)11-10-16-17(20)4-3-5-18(16)21/h3-9,14H,10-12H2,1-2H3,(H,22,23)/t14-/m1/s1. The molecule has 0 aromatic heterocycles. The Bertz CT molecular complexity index is 666. The van der Waals surface area contributed by atoms with Crippen LogP contribution in [0, 0.1) is 6.92 Å². The molecule has 0 saturated heterocycles. The molecule has 0 aliphatic heterocycles. The molecule has 0 radical (unpaired) electrons. The fourth-order valence-corrected chi connectivity index (χ4v) is 2.84. The van der Waals surface area contributed by atoms with Crippen LogP contribution in [0.1, 0.15) is 24.5 Å². The summed E-state index contributed by atoms with van der Waals surface area (Å²) in [4.78, 5) is 12.1. The van der Waals surface area contributed by atoms with E-state index in [1.807, 2.05) is 38.1 Å². The summed E-state index contributed by atoms with van der Waals surface area (Å²) in [6.45, 7) is 4.36. The van der Waals surface area contributed by atoms with Crippen molar-refractivity contribution in [2.24, 2.45) is 0 Å². The highest BCUT2D eigenvalue weighted by molar-refractivity contribution is 6.36. The fourth-order valence-electron chi connectivity index (χ4n) is 2.25. The van der Waals surface area contributed by atoms with Crippen LogP contribution in [0.5, 0.6) is 5.75 Å². The largest absolute Gasteiger partial charge is 0.491 e. The summed E-state index contributed by atoms with van der Waals surface area (Å²) in [6.07, 6.45) is 0.841. The first-order valence-electron chi connectivity index (χ1n) is 7.87. The molecule has 5 heteroatoms. The predicted octanol–water partition coefficient (Wildman–Crippen LogP) is 4.82. The van der Waals surface area contributed by atoms with E-state index in [9.17, 15) is 4.79 Å². The minimum absolute atomic E-state index is 0.0500. The van der Waals surface area contributed by atoms with Gasteiger partial charge in [-0.05, 0) is 50.1 Å². The van der Waals surface area contributed by atoms with Crippen molar-refractivity contribution < 1.29 is 9.53 Å². The summed E-state index contributed by atoms with van der Waals surface area (Å²) in [6, 6.07) is 13.1. The number of halogens is 2. The number of carbonyl (C=O) groups is 1. The Kier molecular flexibility index (Phi) is 6.95. The van der Waals surface area contributed by atoms with E-state index in [2.05, 4.69) is 5.32 Å². The van der Waals surface area contributed by atoms with Crippen molar-refractivity contribution in [3.63, 3.8) is 0 Å². The lowest BCUT2D eigenvalue weighted by Crippen LogP contribution is -2.36. The van der Waals surface area contributed by atoms with E-state index < -0.39 is 0 Å². The Hall–Kier alpha value is -1.71. The van der Waals surface area contributed by atoms with Crippen LogP contribution in [-0.4, -0.2) is 18.6 Å². The van der Waals surface area contributed by atoms with E-state index >= 15 is 0 Å². The van der Waals surface area contributed by atoms with Gasteiger partial charge in [0.2, 0.25) is 5.91 Å². The number of aryl methyl sites for hydroxylation is 1. The zero-order chi connectivity index (χ0) is 17.5. The summed E-state index contributed by atoms with van der Waals surface area (Å²) in [5, 5.41) is 4.10. The van der Waals surface area contributed by atoms with Gasteiger partial charge in [0.25, 0.3) is 0 Å². The molecule has 128 valence electrons. The molecule has 2 aromatic carbocycles. The van der Waals surface area contributed by atoms with Crippen molar-refractivity contribution in [1.29, 1.82) is 0 Å². The van der Waals surface area contributed by atoms with Gasteiger partial charge in [-0.3, -0.25) is 4.79 Å². The Morgan fingerprint density at radius 2 is 1.75 bits per heavy atom. The molecule has 0 aliphatic rings. The molecule has 0 fully saturated rings. The van der Waals surface area contributed by atoms with Gasteiger partial charge in [-0.1, -0.05) is 47.0 Å². The Labute approximate surface area is 152 Å². The molecule has 3 nitrogen and oxygen atoms in total. The maximum atomic E-state index is 12.1. The van der Waals surface area contributed by atoms with E-state index in [1.54, 1.807) is 18.2 Å². The monoisotopic (exact) mass is 365 g/mol. The van der Waals surface area contributed by atoms with Gasteiger partial charge in [-0.15, -0.1) is 0 Å². The molecular formula is C19H21Cl2NO2. The predicted molar refractivity (Wildman–Crippen MR) is 99.1 cm³/mol. The highest BCUT2D eigenvalue weighted by Crippen LogP contribution is 2.25. The highest BCUT2D eigenvalue weighted by atomic mass is 35.5. The van der Waals surface area contributed by atoms with Crippen LogP contribution in [0.25, 0.3) is 0 Å². The molecule has 2 rings (SSSR count). The minimum atomic E-state index is -0.0829. The van der Waals surface area contributed by atoms with E-state index in [0.29, 0.717) is 29.5 Å². The molecule has 0 aliphatic carbocycles. The van der Waals surface area contributed by atoms with Crippen molar-refractivity contribution in [2.75, 3.05) is 6.61 Å². The van der Waals surface area contributed by atoms with E-state index in [4.69, 9.17) is 27.9 Å². The normalized spacial score (nSPS) is 11.8. The summed E-state index contributed by atoms with van der Waals surface area (Å²) in [5.74, 6) is 0.746. The number of carbonyl (C=O) groups excluding carboxylic acids is 1. The zero-order valence-corrected chi connectivity index (χ0v) is 15.3. The fraction of sp³-hybridized carbons (Fsp3) is 0.316. The van der Waals surface area contributed by atoms with Gasteiger partial charge in [-0.25, -0.2) is 0 Å². The van der Waals surface area contributed by atoms with Gasteiger partial charge in [0.1, 0.15) is 12.4 Å². The maximum absolute atomic E-state index is 12.1. The van der Waals surface area contributed by atoms with Crippen molar-refractivity contribution in [3.8, 4) is 5.75 Å². The Balaban J connectivity index is 1.76. The first-order valence-corrected chi connectivity index (χ1v) is 8.63. The molecule has 0 unspecified atom stereocenters. The minimum Gasteiger partial charge on any atom is -0.491 e. The molecule has 1 N–H and O–H groups in total. The van der Waals surface area contributed by atoms with Crippen LogP contribution in [-0.2, 0) is 11.2 Å². The van der Waals surface area contributed by atoms with Gasteiger partial charge in [-0.2, -0.15) is 0 Å². The van der Waals surface area contributed by atoms with E-state index in [-0.39, 0.29) is 11.9 Å². The van der Waals surface area contributed by atoms with Crippen molar-refractivity contribution in [1.82, 2.24) is 5.32 Å². The molecule has 1 amide bonds. The molecule has 0 spiro atoms. The topological polar surface area (TPSA) is 38.3 Å². The summed E-state index contributed by atoms with van der Waals surface area (Å²) in [5.41, 5.74) is 1.99. The second-order valence-electron chi connectivity index (χ2n) is 5.79. The molecule has 0 saturated carbocycles. The van der Waals surface area contributed by atoms with Crippen molar-refractivity contribution in [2.45, 2.75) is 32.7 Å². The van der Waals surface area contributed by atoms with Crippen LogP contribution in [0.15, 0.2) is 42.5 Å². The van der Waals surface area contributed by atoms with Crippen LogP contribution in [0.4, 0.5) is 0 Å². The molecule has 2 aromatic rings. The maximum Gasteiger partial charge on any atom is 0.220 e. The number of hydrogen-bond donors (Lipinski definition) is 1. The van der Waals surface area contributed by atoms with Gasteiger partial charge in [0, 0.05) is 16.5 Å². The molecule has 0 heterocycles. The average Bonchev–Trinajstić information content (AvgIpc) is 2.54. The van der Waals surface area contributed by atoms with Gasteiger partial charge in [0.15, 0.2) is 0 Å². The smallest absolute Gasteiger partial charge is 0.220 e. The van der Waals surface area contributed by atoms with Crippen molar-refractivity contribution >= 4 is 29.1 Å². The Morgan fingerprint density at radius 1 is 1.12 bits per heavy atom. The van der Waals surface area contributed by atoms with Crippen molar-refractivity contribution in [3.05, 3.63) is 63.6 Å². The number of ether oxygens (including phenoxy) is 1. The van der Waals surface area contributed by atoms with Crippen LogP contribution >= 0.6 is 23.2 Å². The Morgan fingerprint density at radius 3 is 2.38 bits per heavy atom. The number of rotatable bonds is 7. The first-order chi connectivity index (χ1) is 11.5. The van der Waals surface area contributed by atoms with E-state index in [1.165, 1.54) is 5.56 Å². The summed E-state index contributed by atoms with van der Waals surface area (Å²) < 4.78 is 5.67.